The van der Waals surface area contributed by atoms with Crippen molar-refractivity contribution in [2.24, 2.45) is 0 Å². The number of hydrogen-bond acceptors (Lipinski definition) is 3. The van der Waals surface area contributed by atoms with Crippen LogP contribution in [0.25, 0.3) is 0 Å². The lowest BCUT2D eigenvalue weighted by molar-refractivity contribution is 0.475. The lowest BCUT2D eigenvalue weighted by atomic mass is 10.1. The summed E-state index contributed by atoms with van der Waals surface area (Å²) in [5.41, 5.74) is 1.11. The maximum atomic E-state index is 13.5. The summed E-state index contributed by atoms with van der Waals surface area (Å²) >= 11 is 3.50. The molecule has 0 fully saturated rings. The molecule has 2 rings (SSSR count). The van der Waals surface area contributed by atoms with Gasteiger partial charge in [-0.15, -0.1) is 0 Å². The molecule has 0 aliphatic heterocycles. The lowest BCUT2D eigenvalue weighted by Crippen LogP contribution is -2.12. The molecule has 2 aromatic rings. The van der Waals surface area contributed by atoms with Gasteiger partial charge in [0, 0.05) is 16.6 Å². The number of hydrogen-bond donors (Lipinski definition) is 1. The Kier molecular flexibility index (Phi) is 4.94. The predicted molar refractivity (Wildman–Crippen MR) is 82.8 cm³/mol. The van der Waals surface area contributed by atoms with Gasteiger partial charge < -0.3 is 10.1 Å². The Hall–Kier alpha value is -1.90. The first kappa shape index (κ1) is 15.5. The highest BCUT2D eigenvalue weighted by atomic mass is 79.9. The molecule has 108 valence electrons. The van der Waals surface area contributed by atoms with Gasteiger partial charge in [-0.05, 0) is 43.8 Å². The SMILES string of the molecule is CNC(C)c1ccc(Oc2ccc(C#N)c(F)c2)cc1Br. The zero-order valence-electron chi connectivity index (χ0n) is 11.7. The summed E-state index contributed by atoms with van der Waals surface area (Å²) in [5, 5.41) is 11.9. The van der Waals surface area contributed by atoms with Crippen molar-refractivity contribution < 1.29 is 9.13 Å². The summed E-state index contributed by atoms with van der Waals surface area (Å²) in [6.45, 7) is 2.05. The summed E-state index contributed by atoms with van der Waals surface area (Å²) in [5.74, 6) is 0.361. The van der Waals surface area contributed by atoms with Gasteiger partial charge in [0.1, 0.15) is 23.4 Å². The second-order valence-electron chi connectivity index (χ2n) is 4.55. The largest absolute Gasteiger partial charge is 0.457 e. The van der Waals surface area contributed by atoms with E-state index in [1.54, 1.807) is 12.1 Å². The third kappa shape index (κ3) is 3.60. The van der Waals surface area contributed by atoms with Crippen molar-refractivity contribution in [3.05, 3.63) is 57.8 Å². The fourth-order valence-electron chi connectivity index (χ4n) is 1.86. The highest BCUT2D eigenvalue weighted by Gasteiger charge is 2.09. The van der Waals surface area contributed by atoms with Crippen LogP contribution >= 0.6 is 15.9 Å². The van der Waals surface area contributed by atoms with Gasteiger partial charge in [0.2, 0.25) is 0 Å². The molecular weight excluding hydrogens is 335 g/mol. The molecule has 0 bridgehead atoms. The molecule has 2 aromatic carbocycles. The van der Waals surface area contributed by atoms with Crippen molar-refractivity contribution in [2.75, 3.05) is 7.05 Å². The van der Waals surface area contributed by atoms with Crippen LogP contribution in [-0.4, -0.2) is 7.05 Å². The van der Waals surface area contributed by atoms with Gasteiger partial charge in [-0.1, -0.05) is 22.0 Å². The Morgan fingerprint density at radius 2 is 1.90 bits per heavy atom. The third-order valence-electron chi connectivity index (χ3n) is 3.17. The maximum absolute atomic E-state index is 13.5. The Bertz CT molecular complexity index is 697. The summed E-state index contributed by atoms with van der Waals surface area (Å²) in [6.07, 6.45) is 0. The fourth-order valence-corrected chi connectivity index (χ4v) is 2.57. The topological polar surface area (TPSA) is 45.0 Å². The molecule has 0 radical (unpaired) electrons. The van der Waals surface area contributed by atoms with Crippen molar-refractivity contribution in [2.45, 2.75) is 13.0 Å². The second kappa shape index (κ2) is 6.70. The molecular formula is C16H14BrFN2O. The summed E-state index contributed by atoms with van der Waals surface area (Å²) < 4.78 is 20.0. The highest BCUT2D eigenvalue weighted by Crippen LogP contribution is 2.30. The minimum absolute atomic E-state index is 0.00160. The van der Waals surface area contributed by atoms with Gasteiger partial charge in [-0.2, -0.15) is 5.26 Å². The quantitative estimate of drug-likeness (QED) is 0.882. The van der Waals surface area contributed by atoms with E-state index in [1.807, 2.05) is 25.2 Å². The number of nitriles is 1. The summed E-state index contributed by atoms with van der Waals surface area (Å²) in [7, 11) is 1.89. The molecule has 0 saturated heterocycles. The van der Waals surface area contributed by atoms with Crippen LogP contribution in [0.3, 0.4) is 0 Å². The second-order valence-corrected chi connectivity index (χ2v) is 5.40. The molecule has 0 aliphatic rings. The molecule has 0 amide bonds. The van der Waals surface area contributed by atoms with Crippen LogP contribution in [0.1, 0.15) is 24.1 Å². The third-order valence-corrected chi connectivity index (χ3v) is 3.85. The van der Waals surface area contributed by atoms with Crippen molar-refractivity contribution >= 4 is 15.9 Å². The van der Waals surface area contributed by atoms with E-state index in [-0.39, 0.29) is 11.6 Å². The van der Waals surface area contributed by atoms with Crippen LogP contribution in [0.4, 0.5) is 4.39 Å². The number of nitrogens with zero attached hydrogens (tertiary/aromatic N) is 1. The smallest absolute Gasteiger partial charge is 0.144 e. The maximum Gasteiger partial charge on any atom is 0.144 e. The van der Waals surface area contributed by atoms with Crippen molar-refractivity contribution in [3.8, 4) is 17.6 Å². The van der Waals surface area contributed by atoms with Crippen molar-refractivity contribution in [3.63, 3.8) is 0 Å². The van der Waals surface area contributed by atoms with E-state index in [9.17, 15) is 4.39 Å². The van der Waals surface area contributed by atoms with Gasteiger partial charge in [0.05, 0.1) is 5.56 Å². The van der Waals surface area contributed by atoms with Crippen LogP contribution in [0.15, 0.2) is 40.9 Å². The molecule has 0 heterocycles. The van der Waals surface area contributed by atoms with Crippen LogP contribution in [0.5, 0.6) is 11.5 Å². The number of halogens is 2. The molecule has 5 heteroatoms. The molecule has 0 spiro atoms. The Morgan fingerprint density at radius 1 is 1.24 bits per heavy atom. The van der Waals surface area contributed by atoms with E-state index < -0.39 is 5.82 Å². The first-order valence-corrected chi connectivity index (χ1v) is 7.18. The molecule has 0 saturated carbocycles. The Labute approximate surface area is 131 Å². The summed E-state index contributed by atoms with van der Waals surface area (Å²) in [4.78, 5) is 0. The van der Waals surface area contributed by atoms with Gasteiger partial charge in [-0.25, -0.2) is 4.39 Å². The average Bonchev–Trinajstić information content (AvgIpc) is 2.47. The predicted octanol–water partition coefficient (Wildman–Crippen LogP) is 4.53. The molecule has 0 aliphatic carbocycles. The normalized spacial score (nSPS) is 11.8. The molecule has 1 N–H and O–H groups in total. The minimum Gasteiger partial charge on any atom is -0.457 e. The number of nitrogens with one attached hydrogen (secondary N) is 1. The molecule has 1 atom stereocenters. The first-order valence-electron chi connectivity index (χ1n) is 6.39. The van der Waals surface area contributed by atoms with E-state index in [2.05, 4.69) is 28.2 Å². The van der Waals surface area contributed by atoms with E-state index in [0.29, 0.717) is 11.5 Å². The fraction of sp³-hybridized carbons (Fsp3) is 0.188. The van der Waals surface area contributed by atoms with Crippen LogP contribution in [-0.2, 0) is 0 Å². The van der Waals surface area contributed by atoms with Gasteiger partial charge in [-0.3, -0.25) is 0 Å². The van der Waals surface area contributed by atoms with E-state index in [4.69, 9.17) is 10.00 Å². The molecule has 3 nitrogen and oxygen atoms in total. The Morgan fingerprint density at radius 3 is 2.48 bits per heavy atom. The molecule has 0 aromatic heterocycles. The van der Waals surface area contributed by atoms with Crippen LogP contribution in [0, 0.1) is 17.1 Å². The van der Waals surface area contributed by atoms with Crippen molar-refractivity contribution in [1.82, 2.24) is 5.32 Å². The summed E-state index contributed by atoms with van der Waals surface area (Å²) in [6, 6.07) is 11.8. The van der Waals surface area contributed by atoms with Gasteiger partial charge >= 0.3 is 0 Å². The van der Waals surface area contributed by atoms with Crippen LogP contribution < -0.4 is 10.1 Å². The van der Waals surface area contributed by atoms with Gasteiger partial charge in [0.15, 0.2) is 0 Å². The minimum atomic E-state index is -0.588. The first-order chi connectivity index (χ1) is 10.0. The zero-order chi connectivity index (χ0) is 15.4. The average molecular weight is 349 g/mol. The molecule has 1 unspecified atom stereocenters. The number of rotatable bonds is 4. The number of ether oxygens (including phenoxy) is 1. The number of benzene rings is 2. The van der Waals surface area contributed by atoms with E-state index >= 15 is 0 Å². The Balaban J connectivity index is 2.23. The molecule has 21 heavy (non-hydrogen) atoms. The lowest BCUT2D eigenvalue weighted by Gasteiger charge is -2.14. The van der Waals surface area contributed by atoms with Gasteiger partial charge in [0.25, 0.3) is 0 Å². The highest BCUT2D eigenvalue weighted by molar-refractivity contribution is 9.10. The standard InChI is InChI=1S/C16H14BrFN2O/c1-10(20-2)14-6-5-12(7-15(14)17)21-13-4-3-11(9-19)16(18)8-13/h3-8,10,20H,1-2H3. The van der Waals surface area contributed by atoms with E-state index in [0.717, 1.165) is 10.0 Å². The monoisotopic (exact) mass is 348 g/mol. The van der Waals surface area contributed by atoms with Crippen molar-refractivity contribution in [1.29, 1.82) is 5.26 Å². The van der Waals surface area contributed by atoms with Crippen LogP contribution in [0.2, 0.25) is 0 Å². The zero-order valence-corrected chi connectivity index (χ0v) is 13.2. The van der Waals surface area contributed by atoms with E-state index in [1.165, 1.54) is 12.1 Å².